The van der Waals surface area contributed by atoms with Gasteiger partial charge in [0.2, 0.25) is 0 Å². The number of carbonyl (C=O) groups is 2. The fraction of sp³-hybridized carbons (Fsp3) is 0.387. The van der Waals surface area contributed by atoms with E-state index in [0.717, 1.165) is 37.8 Å². The Morgan fingerprint density at radius 1 is 0.976 bits per heavy atom. The van der Waals surface area contributed by atoms with Gasteiger partial charge in [-0.25, -0.2) is 4.39 Å². The molecule has 42 heavy (non-hydrogen) atoms. The fourth-order valence-corrected chi connectivity index (χ4v) is 5.26. The molecular weight excluding hydrogens is 556 g/mol. The summed E-state index contributed by atoms with van der Waals surface area (Å²) >= 11 is 0. The molecule has 3 aromatic rings. The number of hydrogen-bond acceptors (Lipinski definition) is 6. The van der Waals surface area contributed by atoms with Crippen molar-refractivity contribution < 1.29 is 41.4 Å². The number of rotatable bonds is 8. The van der Waals surface area contributed by atoms with Crippen LogP contribution in [0.4, 0.5) is 23.2 Å². The highest BCUT2D eigenvalue weighted by Gasteiger charge is 2.33. The van der Waals surface area contributed by atoms with Gasteiger partial charge in [-0.1, -0.05) is 20.8 Å². The van der Waals surface area contributed by atoms with Crippen molar-refractivity contribution in [3.8, 4) is 23.0 Å². The minimum atomic E-state index is -4.92. The maximum absolute atomic E-state index is 15.8. The number of hydrogen-bond donors (Lipinski definition) is 1. The standard InChI is InChI=1S/C31H32F4N2O5/c1-30(2,3)20-7-5-18(6-8-20)19-13-24(32)28(29(39)37-21-11-12-36-22(15-21)17-38)27(14-19)41-25-10-9-23(16-26(25)40-4)42-31(33,34)35/h9-18,20H,5-8H2,1-4H3,(H,36,37,39). The number of methoxy groups -OCH3 is 1. The summed E-state index contributed by atoms with van der Waals surface area (Å²) in [4.78, 5) is 28.3. The molecule has 0 bridgehead atoms. The molecule has 0 aliphatic heterocycles. The van der Waals surface area contributed by atoms with Crippen molar-refractivity contribution in [2.24, 2.45) is 11.3 Å². The molecule has 7 nitrogen and oxygen atoms in total. The lowest BCUT2D eigenvalue weighted by atomic mass is 9.68. The molecule has 4 rings (SSSR count). The average Bonchev–Trinajstić information content (AvgIpc) is 2.92. The van der Waals surface area contributed by atoms with Crippen LogP contribution in [-0.2, 0) is 0 Å². The first-order valence-corrected chi connectivity index (χ1v) is 13.4. The number of carbonyl (C=O) groups excluding carboxylic acids is 2. The largest absolute Gasteiger partial charge is 0.573 e. The number of aldehydes is 1. The van der Waals surface area contributed by atoms with E-state index >= 15 is 4.39 Å². The lowest BCUT2D eigenvalue weighted by molar-refractivity contribution is -0.274. The van der Waals surface area contributed by atoms with Crippen LogP contribution in [-0.4, -0.2) is 30.6 Å². The molecule has 1 aromatic heterocycles. The Morgan fingerprint density at radius 2 is 1.69 bits per heavy atom. The van der Waals surface area contributed by atoms with E-state index in [2.05, 4.69) is 35.8 Å². The van der Waals surface area contributed by atoms with Crippen molar-refractivity contribution in [2.45, 2.75) is 58.7 Å². The third kappa shape index (κ3) is 7.57. The van der Waals surface area contributed by atoms with Crippen LogP contribution >= 0.6 is 0 Å². The first kappa shape index (κ1) is 30.8. The Kier molecular flexibility index (Phi) is 9.08. The molecule has 0 unspecified atom stereocenters. The number of benzene rings is 2. The summed E-state index contributed by atoms with van der Waals surface area (Å²) in [5.74, 6) is -2.00. The van der Waals surface area contributed by atoms with Crippen LogP contribution in [0.15, 0.2) is 48.7 Å². The molecule has 1 amide bonds. The average molecular weight is 589 g/mol. The van der Waals surface area contributed by atoms with Crippen LogP contribution < -0.4 is 19.5 Å². The fourth-order valence-electron chi connectivity index (χ4n) is 5.26. The summed E-state index contributed by atoms with van der Waals surface area (Å²) in [5, 5.41) is 2.55. The highest BCUT2D eigenvalue weighted by atomic mass is 19.4. The minimum Gasteiger partial charge on any atom is -0.493 e. The van der Waals surface area contributed by atoms with Crippen LogP contribution in [0.25, 0.3) is 0 Å². The first-order chi connectivity index (χ1) is 19.8. The number of halogens is 4. The van der Waals surface area contributed by atoms with E-state index in [0.29, 0.717) is 17.8 Å². The van der Waals surface area contributed by atoms with Crippen molar-refractivity contribution in [3.05, 3.63) is 71.3 Å². The van der Waals surface area contributed by atoms with E-state index in [-0.39, 0.29) is 40.0 Å². The molecule has 11 heteroatoms. The molecule has 1 heterocycles. The van der Waals surface area contributed by atoms with Crippen LogP contribution in [0, 0.1) is 17.2 Å². The van der Waals surface area contributed by atoms with Crippen LogP contribution in [0.2, 0.25) is 0 Å². The molecule has 1 saturated carbocycles. The van der Waals surface area contributed by atoms with E-state index in [9.17, 15) is 22.8 Å². The Bertz CT molecular complexity index is 1440. The summed E-state index contributed by atoms with van der Waals surface area (Å²) in [7, 11) is 1.23. The van der Waals surface area contributed by atoms with Gasteiger partial charge in [0.05, 0.1) is 7.11 Å². The van der Waals surface area contributed by atoms with Gasteiger partial charge >= 0.3 is 6.36 Å². The van der Waals surface area contributed by atoms with Crippen molar-refractivity contribution in [1.82, 2.24) is 4.98 Å². The Labute approximate surface area is 241 Å². The summed E-state index contributed by atoms with van der Waals surface area (Å²) in [6.07, 6.45) is 0.480. The molecule has 0 spiro atoms. The monoisotopic (exact) mass is 588 g/mol. The van der Waals surface area contributed by atoms with E-state index in [1.165, 1.54) is 37.6 Å². The van der Waals surface area contributed by atoms with Gasteiger partial charge in [0.25, 0.3) is 5.91 Å². The molecule has 1 fully saturated rings. The van der Waals surface area contributed by atoms with Crippen molar-refractivity contribution in [2.75, 3.05) is 12.4 Å². The molecule has 1 N–H and O–H groups in total. The van der Waals surface area contributed by atoms with Crippen LogP contribution in [0.3, 0.4) is 0 Å². The van der Waals surface area contributed by atoms with Gasteiger partial charge in [-0.15, -0.1) is 13.2 Å². The highest BCUT2D eigenvalue weighted by Crippen LogP contribution is 2.45. The molecule has 0 atom stereocenters. The molecule has 0 saturated heterocycles. The van der Waals surface area contributed by atoms with E-state index in [1.54, 1.807) is 6.07 Å². The Hall–Kier alpha value is -4.15. The maximum Gasteiger partial charge on any atom is 0.573 e. The number of anilines is 1. The SMILES string of the molecule is COc1cc(OC(F)(F)F)ccc1Oc1cc(C2CCC(C(C)(C)C)CC2)cc(F)c1C(=O)Nc1ccnc(C=O)c1. The number of nitrogens with one attached hydrogen (secondary N) is 1. The van der Waals surface area contributed by atoms with E-state index in [4.69, 9.17) is 9.47 Å². The quantitative estimate of drug-likeness (QED) is 0.210. The number of alkyl halides is 3. The number of nitrogens with zero attached hydrogens (tertiary/aromatic N) is 1. The van der Waals surface area contributed by atoms with E-state index < -0.39 is 29.4 Å². The molecule has 1 aliphatic rings. The number of aromatic nitrogens is 1. The molecule has 0 radical (unpaired) electrons. The minimum absolute atomic E-state index is 0.0253. The van der Waals surface area contributed by atoms with Gasteiger partial charge in [-0.2, -0.15) is 0 Å². The number of pyridine rings is 1. The van der Waals surface area contributed by atoms with Crippen molar-refractivity contribution in [1.29, 1.82) is 0 Å². The third-order valence-electron chi connectivity index (χ3n) is 7.48. The second-order valence-electron chi connectivity index (χ2n) is 11.3. The molecule has 224 valence electrons. The zero-order valence-corrected chi connectivity index (χ0v) is 23.7. The van der Waals surface area contributed by atoms with Crippen LogP contribution in [0.1, 0.15) is 78.8 Å². The number of ether oxygens (including phenoxy) is 3. The van der Waals surface area contributed by atoms with Gasteiger partial charge in [0.1, 0.15) is 28.6 Å². The number of amides is 1. The van der Waals surface area contributed by atoms with Gasteiger partial charge < -0.3 is 19.5 Å². The molecule has 1 aliphatic carbocycles. The summed E-state index contributed by atoms with van der Waals surface area (Å²) in [5.41, 5.74) is 0.649. The predicted octanol–water partition coefficient (Wildman–Crippen LogP) is 8.30. The van der Waals surface area contributed by atoms with E-state index in [1.807, 2.05) is 0 Å². The first-order valence-electron chi connectivity index (χ1n) is 13.4. The normalized spacial score (nSPS) is 17.3. The molecular formula is C31H32F4N2O5. The lowest BCUT2D eigenvalue weighted by Crippen LogP contribution is -2.25. The van der Waals surface area contributed by atoms with Gasteiger partial charge in [0, 0.05) is 18.0 Å². The topological polar surface area (TPSA) is 86.8 Å². The van der Waals surface area contributed by atoms with Crippen LogP contribution in [0.5, 0.6) is 23.0 Å². The van der Waals surface area contributed by atoms with Crippen molar-refractivity contribution in [3.63, 3.8) is 0 Å². The van der Waals surface area contributed by atoms with Gasteiger partial charge in [-0.05, 0) is 84.9 Å². The molecule has 2 aromatic carbocycles. The highest BCUT2D eigenvalue weighted by molar-refractivity contribution is 6.06. The zero-order valence-electron chi connectivity index (χ0n) is 23.7. The van der Waals surface area contributed by atoms with Gasteiger partial charge in [-0.3, -0.25) is 14.6 Å². The predicted molar refractivity (Wildman–Crippen MR) is 148 cm³/mol. The summed E-state index contributed by atoms with van der Waals surface area (Å²) in [6, 6.07) is 8.86. The second kappa shape index (κ2) is 12.4. The summed E-state index contributed by atoms with van der Waals surface area (Å²) in [6.45, 7) is 6.61. The second-order valence-corrected chi connectivity index (χ2v) is 11.3. The van der Waals surface area contributed by atoms with Crippen molar-refractivity contribution >= 4 is 17.9 Å². The summed E-state index contributed by atoms with van der Waals surface area (Å²) < 4.78 is 69.2. The lowest BCUT2D eigenvalue weighted by Gasteiger charge is -2.37. The third-order valence-corrected chi connectivity index (χ3v) is 7.48. The Balaban J connectivity index is 1.71. The zero-order chi connectivity index (χ0) is 30.7. The smallest absolute Gasteiger partial charge is 0.493 e. The maximum atomic E-state index is 15.8. The Morgan fingerprint density at radius 3 is 2.31 bits per heavy atom. The van der Waals surface area contributed by atoms with Gasteiger partial charge in [0.15, 0.2) is 17.8 Å².